The van der Waals surface area contributed by atoms with Gasteiger partial charge in [-0.25, -0.2) is 0 Å². The maximum atomic E-state index is 12.8. The normalized spacial score (nSPS) is 16.6. The minimum absolute atomic E-state index is 0.0851. The number of rotatable bonds is 11. The first-order chi connectivity index (χ1) is 12.4. The van der Waals surface area contributed by atoms with Crippen LogP contribution in [0.5, 0.6) is 0 Å². The molecule has 0 aromatic heterocycles. The summed E-state index contributed by atoms with van der Waals surface area (Å²) in [4.78, 5) is 48.1. The summed E-state index contributed by atoms with van der Waals surface area (Å²) in [6, 6.07) is -3.59. The quantitative estimate of drug-likeness (QED) is 0.337. The average Bonchev–Trinajstić information content (AvgIpc) is 2.57. The van der Waals surface area contributed by atoms with E-state index in [1.165, 1.54) is 13.8 Å². The highest BCUT2D eigenvalue weighted by Crippen LogP contribution is 2.11. The Hall–Kier alpha value is -2.16. The van der Waals surface area contributed by atoms with Crippen LogP contribution in [0.2, 0.25) is 0 Å². The van der Waals surface area contributed by atoms with Gasteiger partial charge in [-0.3, -0.25) is 19.2 Å². The van der Waals surface area contributed by atoms with Gasteiger partial charge in [-0.05, 0) is 32.1 Å². The molecule has 0 aliphatic heterocycles. The zero-order valence-corrected chi connectivity index (χ0v) is 17.0. The lowest BCUT2D eigenvalue weighted by atomic mass is 9.96. The monoisotopic (exact) mass is 386 g/mol. The van der Waals surface area contributed by atoms with E-state index in [2.05, 4.69) is 16.0 Å². The number of carboxylic acids is 1. The largest absolute Gasteiger partial charge is 0.480 e. The van der Waals surface area contributed by atoms with E-state index < -0.39 is 47.9 Å². The van der Waals surface area contributed by atoms with E-state index in [1.807, 2.05) is 27.7 Å². The van der Waals surface area contributed by atoms with Crippen LogP contribution in [0, 0.1) is 11.8 Å². The van der Waals surface area contributed by atoms with Crippen LogP contribution in [-0.2, 0) is 19.2 Å². The molecule has 156 valence electrons. The number of amides is 3. The lowest BCUT2D eigenvalue weighted by Gasteiger charge is -2.28. The number of hydrogen-bond acceptors (Lipinski definition) is 5. The lowest BCUT2D eigenvalue weighted by molar-refractivity contribution is -0.142. The third kappa shape index (κ3) is 8.85. The predicted molar refractivity (Wildman–Crippen MR) is 102 cm³/mol. The number of carboxylic acid groups (broad SMARTS) is 1. The minimum Gasteiger partial charge on any atom is -0.480 e. The van der Waals surface area contributed by atoms with Gasteiger partial charge in [0.05, 0.1) is 6.04 Å². The van der Waals surface area contributed by atoms with Crippen molar-refractivity contribution in [1.82, 2.24) is 16.0 Å². The van der Waals surface area contributed by atoms with E-state index >= 15 is 0 Å². The molecule has 6 N–H and O–H groups in total. The maximum absolute atomic E-state index is 12.8. The summed E-state index contributed by atoms with van der Waals surface area (Å²) < 4.78 is 0. The van der Waals surface area contributed by atoms with Gasteiger partial charge in [0.25, 0.3) is 0 Å². The standard InChI is InChI=1S/C18H34N4O5/c1-7-10(4)14(22-15(23)11(5)19)17(25)21-13(8-9(2)3)16(24)20-12(6)18(26)27/h9-14H,7-8,19H2,1-6H3,(H,20,24)(H,21,25)(H,22,23)(H,26,27). The van der Waals surface area contributed by atoms with Crippen molar-refractivity contribution in [3.8, 4) is 0 Å². The fourth-order valence-corrected chi connectivity index (χ4v) is 2.33. The van der Waals surface area contributed by atoms with Gasteiger partial charge in [-0.1, -0.05) is 34.1 Å². The Morgan fingerprint density at radius 3 is 1.85 bits per heavy atom. The van der Waals surface area contributed by atoms with E-state index in [4.69, 9.17) is 10.8 Å². The van der Waals surface area contributed by atoms with Crippen molar-refractivity contribution >= 4 is 23.7 Å². The molecule has 9 nitrogen and oxygen atoms in total. The molecule has 0 saturated carbocycles. The van der Waals surface area contributed by atoms with Crippen LogP contribution in [0.4, 0.5) is 0 Å². The molecule has 0 rings (SSSR count). The van der Waals surface area contributed by atoms with Gasteiger partial charge >= 0.3 is 5.97 Å². The summed E-state index contributed by atoms with van der Waals surface area (Å²) in [7, 11) is 0. The fourth-order valence-electron chi connectivity index (χ4n) is 2.33. The number of nitrogens with two attached hydrogens (primary N) is 1. The zero-order valence-electron chi connectivity index (χ0n) is 17.0. The first kappa shape index (κ1) is 24.8. The Labute approximate surface area is 160 Å². The molecule has 0 aliphatic rings. The molecule has 0 aliphatic carbocycles. The number of aliphatic carboxylic acids is 1. The zero-order chi connectivity index (χ0) is 21.3. The Morgan fingerprint density at radius 1 is 0.889 bits per heavy atom. The van der Waals surface area contributed by atoms with Gasteiger partial charge in [0, 0.05) is 0 Å². The van der Waals surface area contributed by atoms with Crippen molar-refractivity contribution in [2.24, 2.45) is 17.6 Å². The highest BCUT2D eigenvalue weighted by Gasteiger charge is 2.31. The summed E-state index contributed by atoms with van der Waals surface area (Å²) in [6.07, 6.45) is 0.965. The summed E-state index contributed by atoms with van der Waals surface area (Å²) in [5, 5.41) is 16.6. The Bertz CT molecular complexity index is 536. The van der Waals surface area contributed by atoms with Crippen LogP contribution in [0.1, 0.15) is 54.4 Å². The predicted octanol–water partition coefficient (Wildman–Crippen LogP) is -0.0153. The highest BCUT2D eigenvalue weighted by molar-refractivity contribution is 5.94. The lowest BCUT2D eigenvalue weighted by Crippen LogP contribution is -2.58. The molecule has 0 aromatic carbocycles. The van der Waals surface area contributed by atoms with Crippen molar-refractivity contribution in [1.29, 1.82) is 0 Å². The van der Waals surface area contributed by atoms with Gasteiger partial charge < -0.3 is 26.8 Å². The summed E-state index contributed by atoms with van der Waals surface area (Å²) >= 11 is 0. The maximum Gasteiger partial charge on any atom is 0.325 e. The number of hydrogen-bond donors (Lipinski definition) is 5. The van der Waals surface area contributed by atoms with E-state index in [-0.39, 0.29) is 11.8 Å². The number of carbonyl (C=O) groups excluding carboxylic acids is 3. The SMILES string of the molecule is CCC(C)C(NC(=O)C(C)N)C(=O)NC(CC(C)C)C(=O)NC(C)C(=O)O. The first-order valence-electron chi connectivity index (χ1n) is 9.30. The Morgan fingerprint density at radius 2 is 1.44 bits per heavy atom. The van der Waals surface area contributed by atoms with Gasteiger partial charge in [-0.15, -0.1) is 0 Å². The molecular formula is C18H34N4O5. The topological polar surface area (TPSA) is 151 Å². The molecule has 27 heavy (non-hydrogen) atoms. The van der Waals surface area contributed by atoms with Crippen LogP contribution in [0.25, 0.3) is 0 Å². The molecule has 0 radical (unpaired) electrons. The van der Waals surface area contributed by atoms with Gasteiger partial charge in [0.2, 0.25) is 17.7 Å². The van der Waals surface area contributed by atoms with Gasteiger partial charge in [-0.2, -0.15) is 0 Å². The van der Waals surface area contributed by atoms with Crippen LogP contribution in [-0.4, -0.2) is 53.0 Å². The van der Waals surface area contributed by atoms with Gasteiger partial charge in [0.15, 0.2) is 0 Å². The van der Waals surface area contributed by atoms with Crippen molar-refractivity contribution in [3.63, 3.8) is 0 Å². The molecular weight excluding hydrogens is 352 g/mol. The highest BCUT2D eigenvalue weighted by atomic mass is 16.4. The molecule has 5 atom stereocenters. The molecule has 0 bridgehead atoms. The second-order valence-electron chi connectivity index (χ2n) is 7.42. The average molecular weight is 386 g/mol. The molecule has 3 amide bonds. The van der Waals surface area contributed by atoms with Crippen molar-refractivity contribution in [2.75, 3.05) is 0 Å². The third-order valence-corrected chi connectivity index (χ3v) is 4.28. The van der Waals surface area contributed by atoms with Crippen LogP contribution < -0.4 is 21.7 Å². The van der Waals surface area contributed by atoms with E-state index in [1.54, 1.807) is 0 Å². The van der Waals surface area contributed by atoms with Gasteiger partial charge in [0.1, 0.15) is 18.1 Å². The molecule has 9 heteroatoms. The van der Waals surface area contributed by atoms with E-state index in [0.29, 0.717) is 12.8 Å². The summed E-state index contributed by atoms with van der Waals surface area (Å²) in [5.74, 6) is -2.79. The molecule has 0 fully saturated rings. The minimum atomic E-state index is -1.17. The van der Waals surface area contributed by atoms with Crippen molar-refractivity contribution in [3.05, 3.63) is 0 Å². The number of carbonyl (C=O) groups is 4. The van der Waals surface area contributed by atoms with Crippen LogP contribution in [0.15, 0.2) is 0 Å². The molecule has 0 saturated heterocycles. The van der Waals surface area contributed by atoms with Crippen molar-refractivity contribution in [2.45, 2.75) is 78.6 Å². The summed E-state index contributed by atoms with van der Waals surface area (Å²) in [5.41, 5.74) is 5.56. The summed E-state index contributed by atoms with van der Waals surface area (Å²) in [6.45, 7) is 10.3. The first-order valence-corrected chi connectivity index (χ1v) is 9.30. The Kier molecular flexibility index (Phi) is 10.6. The van der Waals surface area contributed by atoms with Crippen LogP contribution >= 0.6 is 0 Å². The molecule has 0 heterocycles. The van der Waals surface area contributed by atoms with E-state index in [0.717, 1.165) is 0 Å². The smallest absolute Gasteiger partial charge is 0.325 e. The fraction of sp³-hybridized carbons (Fsp3) is 0.778. The van der Waals surface area contributed by atoms with E-state index in [9.17, 15) is 19.2 Å². The number of nitrogens with one attached hydrogen (secondary N) is 3. The second kappa shape index (κ2) is 11.5. The van der Waals surface area contributed by atoms with Crippen molar-refractivity contribution < 1.29 is 24.3 Å². The Balaban J connectivity index is 5.32. The molecule has 0 aromatic rings. The third-order valence-electron chi connectivity index (χ3n) is 4.28. The molecule has 0 spiro atoms. The second-order valence-corrected chi connectivity index (χ2v) is 7.42. The van der Waals surface area contributed by atoms with Crippen LogP contribution in [0.3, 0.4) is 0 Å². The molecule has 5 unspecified atom stereocenters.